The number of hydrogen-bond donors (Lipinski definition) is 0. The largest absolute Gasteiger partial charge is 0.238 e. The zero-order chi connectivity index (χ0) is 10.1. The fourth-order valence-electron chi connectivity index (χ4n) is 1.10. The summed E-state index contributed by atoms with van der Waals surface area (Å²) in [5.74, 6) is -0.378. The van der Waals surface area contributed by atoms with E-state index in [-0.39, 0.29) is 5.82 Å². The molecule has 1 aromatic carbocycles. The van der Waals surface area contributed by atoms with Crippen molar-refractivity contribution >= 4 is 23.2 Å². The summed E-state index contributed by atoms with van der Waals surface area (Å²) in [4.78, 5) is 0. The summed E-state index contributed by atoms with van der Waals surface area (Å²) in [6, 6.07) is 4.09. The summed E-state index contributed by atoms with van der Waals surface area (Å²) in [7, 11) is 0. The highest BCUT2D eigenvalue weighted by molar-refractivity contribution is 6.32. The highest BCUT2D eigenvalue weighted by Crippen LogP contribution is 2.21. The van der Waals surface area contributed by atoms with Crippen molar-refractivity contribution < 1.29 is 4.39 Å². The normalized spacial score (nSPS) is 10.5. The molecule has 2 rings (SSSR count). The molecule has 0 atom stereocenters. The van der Waals surface area contributed by atoms with E-state index in [2.05, 4.69) is 5.10 Å². The van der Waals surface area contributed by atoms with Gasteiger partial charge in [-0.3, -0.25) is 0 Å². The van der Waals surface area contributed by atoms with Gasteiger partial charge in [-0.25, -0.2) is 9.07 Å². The Morgan fingerprint density at radius 3 is 2.64 bits per heavy atom. The van der Waals surface area contributed by atoms with Crippen LogP contribution in [-0.4, -0.2) is 9.78 Å². The molecule has 2 nitrogen and oxygen atoms in total. The maximum Gasteiger partial charge on any atom is 0.124 e. The molecule has 0 aliphatic heterocycles. The third-order valence-electron chi connectivity index (χ3n) is 1.71. The van der Waals surface area contributed by atoms with Crippen LogP contribution in [0.2, 0.25) is 10.0 Å². The second kappa shape index (κ2) is 3.59. The first-order valence-electron chi connectivity index (χ1n) is 3.82. The molecule has 14 heavy (non-hydrogen) atoms. The molecule has 0 aliphatic rings. The van der Waals surface area contributed by atoms with Gasteiger partial charge in [-0.2, -0.15) is 5.10 Å². The first-order chi connectivity index (χ1) is 6.66. The van der Waals surface area contributed by atoms with E-state index in [1.54, 1.807) is 12.3 Å². The monoisotopic (exact) mass is 230 g/mol. The van der Waals surface area contributed by atoms with E-state index in [0.29, 0.717) is 15.7 Å². The first-order valence-corrected chi connectivity index (χ1v) is 4.58. The van der Waals surface area contributed by atoms with Gasteiger partial charge in [0, 0.05) is 6.20 Å². The lowest BCUT2D eigenvalue weighted by molar-refractivity contribution is 0.627. The Labute approximate surface area is 89.9 Å². The zero-order valence-electron chi connectivity index (χ0n) is 6.92. The number of nitrogens with zero attached hydrogens (tertiary/aromatic N) is 2. The van der Waals surface area contributed by atoms with Crippen molar-refractivity contribution in [3.05, 3.63) is 46.5 Å². The second-order valence-electron chi connectivity index (χ2n) is 2.70. The number of halogens is 3. The fourth-order valence-corrected chi connectivity index (χ4v) is 1.49. The van der Waals surface area contributed by atoms with Crippen molar-refractivity contribution in [3.8, 4) is 5.69 Å². The highest BCUT2D eigenvalue weighted by Gasteiger charge is 2.05. The van der Waals surface area contributed by atoms with E-state index in [1.807, 2.05) is 0 Å². The number of aromatic nitrogens is 2. The Bertz CT molecular complexity index is 468. The smallest absolute Gasteiger partial charge is 0.124 e. The minimum atomic E-state index is -0.378. The van der Waals surface area contributed by atoms with Crippen LogP contribution < -0.4 is 0 Å². The minimum Gasteiger partial charge on any atom is -0.238 e. The predicted molar refractivity (Wildman–Crippen MR) is 53.5 cm³/mol. The zero-order valence-corrected chi connectivity index (χ0v) is 8.43. The second-order valence-corrected chi connectivity index (χ2v) is 3.54. The molecular formula is C9H5Cl2FN2. The van der Waals surface area contributed by atoms with Gasteiger partial charge in [-0.15, -0.1) is 0 Å². The molecule has 0 unspecified atom stereocenters. The topological polar surface area (TPSA) is 17.8 Å². The van der Waals surface area contributed by atoms with E-state index >= 15 is 0 Å². The number of benzene rings is 1. The highest BCUT2D eigenvalue weighted by atomic mass is 35.5. The van der Waals surface area contributed by atoms with Crippen molar-refractivity contribution in [3.63, 3.8) is 0 Å². The van der Waals surface area contributed by atoms with Crippen molar-refractivity contribution in [2.45, 2.75) is 0 Å². The Kier molecular flexibility index (Phi) is 2.44. The number of rotatable bonds is 1. The van der Waals surface area contributed by atoms with Crippen molar-refractivity contribution in [1.29, 1.82) is 0 Å². The molecule has 0 fully saturated rings. The molecule has 0 radical (unpaired) electrons. The van der Waals surface area contributed by atoms with Gasteiger partial charge in [-0.1, -0.05) is 23.2 Å². The van der Waals surface area contributed by atoms with Crippen LogP contribution in [0.1, 0.15) is 0 Å². The van der Waals surface area contributed by atoms with Gasteiger partial charge in [0.05, 0.1) is 21.9 Å². The van der Waals surface area contributed by atoms with Crippen LogP contribution in [0, 0.1) is 5.82 Å². The molecule has 0 saturated heterocycles. The van der Waals surface area contributed by atoms with E-state index in [1.165, 1.54) is 23.0 Å². The van der Waals surface area contributed by atoms with E-state index in [9.17, 15) is 4.39 Å². The van der Waals surface area contributed by atoms with Gasteiger partial charge in [0.1, 0.15) is 5.82 Å². The average molecular weight is 231 g/mol. The van der Waals surface area contributed by atoms with Crippen LogP contribution in [0.4, 0.5) is 4.39 Å². The Balaban J connectivity index is 2.52. The molecule has 0 spiro atoms. The van der Waals surface area contributed by atoms with Gasteiger partial charge in [0.15, 0.2) is 0 Å². The predicted octanol–water partition coefficient (Wildman–Crippen LogP) is 3.32. The van der Waals surface area contributed by atoms with Gasteiger partial charge < -0.3 is 0 Å². The van der Waals surface area contributed by atoms with E-state index in [4.69, 9.17) is 23.2 Å². The molecule has 1 aromatic heterocycles. The lowest BCUT2D eigenvalue weighted by Gasteiger charge is -2.03. The Morgan fingerprint density at radius 1 is 1.29 bits per heavy atom. The standard InChI is InChI=1S/C9H5Cl2FN2/c10-6-4-13-14(5-6)9-2-1-7(12)3-8(9)11/h1-5H. The molecular weight excluding hydrogens is 226 g/mol. The van der Waals surface area contributed by atoms with Crippen LogP contribution in [0.25, 0.3) is 5.69 Å². The SMILES string of the molecule is Fc1ccc(-n2cc(Cl)cn2)c(Cl)c1. The lowest BCUT2D eigenvalue weighted by Crippen LogP contribution is -1.95. The minimum absolute atomic E-state index is 0.296. The lowest BCUT2D eigenvalue weighted by atomic mass is 10.3. The molecule has 2 aromatic rings. The summed E-state index contributed by atoms with van der Waals surface area (Å²) in [6.45, 7) is 0. The van der Waals surface area contributed by atoms with Crippen molar-refractivity contribution in [2.75, 3.05) is 0 Å². The Hall–Kier alpha value is -1.06. The summed E-state index contributed by atoms with van der Waals surface area (Å²) in [6.07, 6.45) is 3.09. The maximum atomic E-state index is 12.7. The van der Waals surface area contributed by atoms with Gasteiger partial charge in [0.25, 0.3) is 0 Å². The molecule has 1 heterocycles. The van der Waals surface area contributed by atoms with Crippen LogP contribution >= 0.6 is 23.2 Å². The number of hydrogen-bond acceptors (Lipinski definition) is 1. The van der Waals surface area contributed by atoms with Crippen LogP contribution in [0.5, 0.6) is 0 Å². The average Bonchev–Trinajstić information content (AvgIpc) is 2.51. The van der Waals surface area contributed by atoms with Crippen molar-refractivity contribution in [1.82, 2.24) is 9.78 Å². The van der Waals surface area contributed by atoms with Crippen LogP contribution in [0.3, 0.4) is 0 Å². The van der Waals surface area contributed by atoms with Crippen LogP contribution in [-0.2, 0) is 0 Å². The Morgan fingerprint density at radius 2 is 2.07 bits per heavy atom. The van der Waals surface area contributed by atoms with Gasteiger partial charge >= 0.3 is 0 Å². The van der Waals surface area contributed by atoms with Crippen LogP contribution in [0.15, 0.2) is 30.6 Å². The van der Waals surface area contributed by atoms with E-state index in [0.717, 1.165) is 0 Å². The first kappa shape index (κ1) is 9.49. The summed E-state index contributed by atoms with van der Waals surface area (Å²) in [5, 5.41) is 4.76. The summed E-state index contributed by atoms with van der Waals surface area (Å²) >= 11 is 11.5. The summed E-state index contributed by atoms with van der Waals surface area (Å²) < 4.78 is 14.2. The van der Waals surface area contributed by atoms with Gasteiger partial charge in [-0.05, 0) is 18.2 Å². The van der Waals surface area contributed by atoms with Crippen molar-refractivity contribution in [2.24, 2.45) is 0 Å². The molecule has 0 saturated carbocycles. The third-order valence-corrected chi connectivity index (χ3v) is 2.21. The van der Waals surface area contributed by atoms with E-state index < -0.39 is 0 Å². The maximum absolute atomic E-state index is 12.7. The van der Waals surface area contributed by atoms with Gasteiger partial charge in [0.2, 0.25) is 0 Å². The fraction of sp³-hybridized carbons (Fsp3) is 0. The molecule has 0 aliphatic carbocycles. The molecule has 5 heteroatoms. The molecule has 0 bridgehead atoms. The molecule has 0 amide bonds. The third kappa shape index (κ3) is 1.74. The summed E-state index contributed by atoms with van der Waals surface area (Å²) in [5.41, 5.74) is 0.597. The quantitative estimate of drug-likeness (QED) is 0.736. The molecule has 72 valence electrons. The molecule has 0 N–H and O–H groups in total.